The number of aliphatic carboxylic acids is 1. The van der Waals surface area contributed by atoms with Crippen molar-refractivity contribution in [1.29, 1.82) is 0 Å². The van der Waals surface area contributed by atoms with Gasteiger partial charge in [-0.2, -0.15) is 0 Å². The third-order valence-corrected chi connectivity index (χ3v) is 7.24. The summed E-state index contributed by atoms with van der Waals surface area (Å²) in [5.74, 6) is -5.07. The molecular formula is C28H27F2N3O5S. The molecule has 0 bridgehead atoms. The summed E-state index contributed by atoms with van der Waals surface area (Å²) in [5.41, 5.74) is 1.09. The Hall–Kier alpha value is -4.12. The van der Waals surface area contributed by atoms with E-state index in [1.54, 1.807) is 30.3 Å². The van der Waals surface area contributed by atoms with E-state index in [2.05, 4.69) is 5.32 Å². The molecule has 2 unspecified atom stereocenters. The lowest BCUT2D eigenvalue weighted by Gasteiger charge is -2.43. The van der Waals surface area contributed by atoms with Gasteiger partial charge in [0.05, 0.1) is 18.9 Å². The highest BCUT2D eigenvalue weighted by atomic mass is 32.1. The summed E-state index contributed by atoms with van der Waals surface area (Å²) in [6.07, 6.45) is -1.56. The summed E-state index contributed by atoms with van der Waals surface area (Å²) in [5, 5.41) is 14.0. The Bertz CT molecular complexity index is 1360. The highest BCUT2D eigenvalue weighted by molar-refractivity contribution is 7.10. The second-order valence-corrected chi connectivity index (χ2v) is 10.3. The molecule has 1 aliphatic rings. The normalized spacial score (nSPS) is 16.0. The van der Waals surface area contributed by atoms with Gasteiger partial charge in [0, 0.05) is 29.6 Å². The molecule has 1 saturated heterocycles. The number of thiophene rings is 1. The van der Waals surface area contributed by atoms with Crippen molar-refractivity contribution in [2.45, 2.75) is 38.4 Å². The first-order chi connectivity index (χ1) is 18.6. The van der Waals surface area contributed by atoms with Crippen LogP contribution in [0.5, 0.6) is 0 Å². The van der Waals surface area contributed by atoms with Crippen LogP contribution in [0.25, 0.3) is 0 Å². The molecule has 11 heteroatoms. The van der Waals surface area contributed by atoms with Gasteiger partial charge in [-0.05, 0) is 42.5 Å². The summed E-state index contributed by atoms with van der Waals surface area (Å²) in [6.45, 7) is 2.04. The van der Waals surface area contributed by atoms with E-state index < -0.39 is 54.0 Å². The van der Waals surface area contributed by atoms with Crippen molar-refractivity contribution in [3.05, 3.63) is 93.2 Å². The van der Waals surface area contributed by atoms with Crippen LogP contribution in [0.3, 0.4) is 0 Å². The number of hydrogen-bond acceptors (Lipinski definition) is 5. The third-order valence-electron chi connectivity index (χ3n) is 6.36. The maximum Gasteiger partial charge on any atom is 0.305 e. The zero-order chi connectivity index (χ0) is 28.1. The zero-order valence-electron chi connectivity index (χ0n) is 21.1. The van der Waals surface area contributed by atoms with Gasteiger partial charge >= 0.3 is 5.97 Å². The molecule has 2 N–H and O–H groups in total. The minimum absolute atomic E-state index is 0.00545. The van der Waals surface area contributed by atoms with Crippen LogP contribution in [0.15, 0.2) is 60.0 Å². The van der Waals surface area contributed by atoms with Gasteiger partial charge in [0.2, 0.25) is 5.91 Å². The molecule has 8 nitrogen and oxygen atoms in total. The minimum atomic E-state index is -1.45. The quantitative estimate of drug-likeness (QED) is 0.438. The lowest BCUT2D eigenvalue weighted by Crippen LogP contribution is -2.64. The number of carbonyl (C=O) groups is 4. The van der Waals surface area contributed by atoms with Gasteiger partial charge in [-0.25, -0.2) is 8.78 Å². The maximum atomic E-state index is 13.9. The Kier molecular flexibility index (Phi) is 8.70. The Labute approximate surface area is 227 Å². The average Bonchev–Trinajstić information content (AvgIpc) is 3.39. The molecule has 3 aromatic rings. The number of carboxylic acids is 1. The number of benzene rings is 2. The predicted octanol–water partition coefficient (Wildman–Crippen LogP) is 3.91. The number of nitrogens with zero attached hydrogens (tertiary/aromatic N) is 2. The molecule has 1 aliphatic heterocycles. The van der Waals surface area contributed by atoms with Gasteiger partial charge in [-0.15, -0.1) is 11.3 Å². The standard InChI is InChI=1S/C28H27F2N3O5S/c1-17-5-2-6-18(11-17)23(16-25(35)36)31-26(37)27-32(24(34)15-22-7-3-10-39-22)8-4-9-33(27)28(38)19-12-20(29)14-21(30)13-19/h2-3,5-7,10-14,23,27H,4,8-9,15-16H2,1H3,(H,31,37)(H,35,36). The summed E-state index contributed by atoms with van der Waals surface area (Å²) in [6, 6.07) is 12.0. The van der Waals surface area contributed by atoms with Crippen LogP contribution in [-0.2, 0) is 20.8 Å². The second kappa shape index (κ2) is 12.2. The first-order valence-corrected chi connectivity index (χ1v) is 13.2. The largest absolute Gasteiger partial charge is 0.481 e. The van der Waals surface area contributed by atoms with Crippen LogP contribution >= 0.6 is 11.3 Å². The number of carboxylic acid groups (broad SMARTS) is 1. The molecule has 0 aliphatic carbocycles. The van der Waals surface area contributed by atoms with Crippen molar-refractivity contribution in [2.24, 2.45) is 0 Å². The number of carbonyl (C=O) groups excluding carboxylic acids is 3. The van der Waals surface area contributed by atoms with Crippen LogP contribution in [0.2, 0.25) is 0 Å². The maximum absolute atomic E-state index is 13.9. The van der Waals surface area contributed by atoms with Gasteiger partial charge in [-0.3, -0.25) is 19.2 Å². The van der Waals surface area contributed by atoms with Gasteiger partial charge in [0.1, 0.15) is 11.6 Å². The summed E-state index contributed by atoms with van der Waals surface area (Å²) in [4.78, 5) is 55.4. The van der Waals surface area contributed by atoms with Crippen LogP contribution in [0.1, 0.15) is 45.2 Å². The molecule has 0 spiro atoms. The Morgan fingerprint density at radius 1 is 1.03 bits per heavy atom. The number of halogens is 2. The highest BCUT2D eigenvalue weighted by Gasteiger charge is 2.41. The molecule has 2 atom stereocenters. The molecule has 39 heavy (non-hydrogen) atoms. The smallest absolute Gasteiger partial charge is 0.305 e. The van der Waals surface area contributed by atoms with Gasteiger partial charge in [-0.1, -0.05) is 35.9 Å². The third kappa shape index (κ3) is 6.85. The minimum Gasteiger partial charge on any atom is -0.481 e. The Balaban J connectivity index is 1.69. The topological polar surface area (TPSA) is 107 Å². The van der Waals surface area contributed by atoms with Crippen molar-refractivity contribution in [3.8, 4) is 0 Å². The van der Waals surface area contributed by atoms with Crippen LogP contribution in [0, 0.1) is 18.6 Å². The molecule has 0 radical (unpaired) electrons. The van der Waals surface area contributed by atoms with Gasteiger partial charge < -0.3 is 20.2 Å². The van der Waals surface area contributed by atoms with Crippen LogP contribution in [0.4, 0.5) is 8.78 Å². The highest BCUT2D eigenvalue weighted by Crippen LogP contribution is 2.24. The second-order valence-electron chi connectivity index (χ2n) is 9.30. The lowest BCUT2D eigenvalue weighted by atomic mass is 10.0. The average molecular weight is 556 g/mol. The molecule has 4 rings (SSSR count). The molecule has 204 valence electrons. The first-order valence-electron chi connectivity index (χ1n) is 12.3. The molecule has 2 heterocycles. The fourth-order valence-corrected chi connectivity index (χ4v) is 5.34. The fraction of sp³-hybridized carbons (Fsp3) is 0.286. The first kappa shape index (κ1) is 27.9. The van der Waals surface area contributed by atoms with E-state index in [9.17, 15) is 33.1 Å². The van der Waals surface area contributed by atoms with E-state index in [1.807, 2.05) is 18.4 Å². The Morgan fingerprint density at radius 3 is 2.38 bits per heavy atom. The van der Waals surface area contributed by atoms with E-state index in [-0.39, 0.29) is 25.1 Å². The number of nitrogens with one attached hydrogen (secondary N) is 1. The molecule has 3 amide bonds. The molecule has 1 fully saturated rings. The van der Waals surface area contributed by atoms with Crippen molar-refractivity contribution < 1.29 is 33.1 Å². The SMILES string of the molecule is Cc1cccc(C(CC(=O)O)NC(=O)C2N(C(=O)Cc3cccs3)CCCN2C(=O)c2cc(F)cc(F)c2)c1. The number of amides is 3. The van der Waals surface area contributed by atoms with Crippen molar-refractivity contribution in [3.63, 3.8) is 0 Å². The molecule has 1 aromatic heterocycles. The predicted molar refractivity (Wildman–Crippen MR) is 140 cm³/mol. The summed E-state index contributed by atoms with van der Waals surface area (Å²) in [7, 11) is 0. The lowest BCUT2D eigenvalue weighted by molar-refractivity contribution is -0.149. The summed E-state index contributed by atoms with van der Waals surface area (Å²) >= 11 is 1.37. The molecule has 2 aromatic carbocycles. The molecule has 0 saturated carbocycles. The van der Waals surface area contributed by atoms with E-state index in [0.717, 1.165) is 27.5 Å². The van der Waals surface area contributed by atoms with E-state index >= 15 is 0 Å². The van der Waals surface area contributed by atoms with Gasteiger partial charge in [0.25, 0.3) is 11.8 Å². The van der Waals surface area contributed by atoms with Crippen LogP contribution in [-0.4, -0.2) is 57.9 Å². The van der Waals surface area contributed by atoms with Crippen molar-refractivity contribution >= 4 is 35.0 Å². The van der Waals surface area contributed by atoms with E-state index in [1.165, 1.54) is 16.2 Å². The fourth-order valence-electron chi connectivity index (χ4n) is 4.65. The molecular weight excluding hydrogens is 528 g/mol. The number of aryl methyl sites for hydroxylation is 1. The van der Waals surface area contributed by atoms with E-state index in [0.29, 0.717) is 18.1 Å². The van der Waals surface area contributed by atoms with Crippen LogP contribution < -0.4 is 5.32 Å². The number of rotatable bonds is 8. The number of hydrogen-bond donors (Lipinski definition) is 2. The van der Waals surface area contributed by atoms with Crippen molar-refractivity contribution in [1.82, 2.24) is 15.1 Å². The zero-order valence-corrected chi connectivity index (χ0v) is 21.9. The summed E-state index contributed by atoms with van der Waals surface area (Å²) < 4.78 is 27.9. The van der Waals surface area contributed by atoms with Gasteiger partial charge in [0.15, 0.2) is 6.17 Å². The Morgan fingerprint density at radius 2 is 1.74 bits per heavy atom. The monoisotopic (exact) mass is 555 g/mol. The van der Waals surface area contributed by atoms with Crippen molar-refractivity contribution in [2.75, 3.05) is 13.1 Å². The van der Waals surface area contributed by atoms with E-state index in [4.69, 9.17) is 0 Å².